The number of carbonyl (C=O) groups excluding carboxylic acids is 3. The Balaban J connectivity index is 4.29. The van der Waals surface area contributed by atoms with Crippen LogP contribution in [0.1, 0.15) is 219 Å². The van der Waals surface area contributed by atoms with Crippen molar-refractivity contribution in [1.29, 1.82) is 0 Å². The SMILES string of the molecule is CC/C=C\C/C=C\C/C=C\C/C=C\C/C=C\C/C=C\CCCCCCCCCCCCC(=O)OC(COC(=O)CCCCCCCC/C=C\C/C=C\C/C=C\C/C=C\C/C=C\C/C=C\CC)COC(OCC[N+](C)(C)C)C(=O)[O-]. The van der Waals surface area contributed by atoms with Crippen LogP contribution in [0.25, 0.3) is 0 Å². The van der Waals surface area contributed by atoms with Gasteiger partial charge in [-0.1, -0.05) is 237 Å². The minimum atomic E-state index is -1.64. The average Bonchev–Trinajstić information content (AvgIpc) is 3.42. The minimum absolute atomic E-state index is 0.136. The van der Waals surface area contributed by atoms with Crippen LogP contribution in [0.5, 0.6) is 0 Å². The molecule has 0 saturated heterocycles. The van der Waals surface area contributed by atoms with Crippen LogP contribution in [0.15, 0.2) is 146 Å². The minimum Gasteiger partial charge on any atom is -0.545 e. The first-order valence-electron chi connectivity index (χ1n) is 31.0. The van der Waals surface area contributed by atoms with Crippen molar-refractivity contribution < 1.29 is 42.9 Å². The van der Waals surface area contributed by atoms with Crippen molar-refractivity contribution in [3.8, 4) is 0 Å². The van der Waals surface area contributed by atoms with E-state index in [-0.39, 0.29) is 38.6 Å². The molecule has 9 nitrogen and oxygen atoms in total. The molecule has 0 spiro atoms. The molecule has 0 bridgehead atoms. The number of rotatable bonds is 55. The van der Waals surface area contributed by atoms with Crippen molar-refractivity contribution in [3.63, 3.8) is 0 Å². The number of likely N-dealkylation sites (N-methyl/N-ethyl adjacent to an activating group) is 1. The second-order valence-electron chi connectivity index (χ2n) is 21.2. The van der Waals surface area contributed by atoms with Crippen LogP contribution in [-0.4, -0.2) is 82.3 Å². The first-order chi connectivity index (χ1) is 38.6. The van der Waals surface area contributed by atoms with Crippen LogP contribution in [0.2, 0.25) is 0 Å². The van der Waals surface area contributed by atoms with Gasteiger partial charge < -0.3 is 33.3 Å². The summed E-state index contributed by atoms with van der Waals surface area (Å²) in [6, 6.07) is 0. The van der Waals surface area contributed by atoms with E-state index in [9.17, 15) is 19.5 Å². The molecule has 9 heteroatoms. The Kier molecular flexibility index (Phi) is 55.7. The second kappa shape index (κ2) is 59.3. The lowest BCUT2D eigenvalue weighted by molar-refractivity contribution is -0.870. The van der Waals surface area contributed by atoms with Crippen LogP contribution < -0.4 is 5.11 Å². The summed E-state index contributed by atoms with van der Waals surface area (Å²) < 4.78 is 22.7. The lowest BCUT2D eigenvalue weighted by atomic mass is 10.0. The Morgan fingerprint density at radius 1 is 0.380 bits per heavy atom. The normalized spacial score (nSPS) is 13.8. The highest BCUT2D eigenvalue weighted by atomic mass is 16.7. The van der Waals surface area contributed by atoms with E-state index in [4.69, 9.17) is 18.9 Å². The molecule has 2 atom stereocenters. The summed E-state index contributed by atoms with van der Waals surface area (Å²) in [6.07, 6.45) is 83.2. The molecule has 0 rings (SSSR count). The fourth-order valence-corrected chi connectivity index (χ4v) is 7.90. The van der Waals surface area contributed by atoms with Gasteiger partial charge in [0.25, 0.3) is 0 Å². The molecule has 446 valence electrons. The number of nitrogens with zero attached hydrogens (tertiary/aromatic N) is 1. The maximum absolute atomic E-state index is 12.9. The summed E-state index contributed by atoms with van der Waals surface area (Å²) >= 11 is 0. The maximum Gasteiger partial charge on any atom is 0.306 e. The third-order valence-corrected chi connectivity index (χ3v) is 12.6. The lowest BCUT2D eigenvalue weighted by Crippen LogP contribution is -2.44. The zero-order valence-electron chi connectivity index (χ0n) is 50.7. The van der Waals surface area contributed by atoms with E-state index in [0.717, 1.165) is 141 Å². The molecule has 0 amide bonds. The Hall–Kier alpha value is -4.83. The third-order valence-electron chi connectivity index (χ3n) is 12.6. The summed E-state index contributed by atoms with van der Waals surface area (Å²) in [5, 5.41) is 11.8. The Bertz CT molecular complexity index is 1800. The van der Waals surface area contributed by atoms with E-state index >= 15 is 0 Å². The Morgan fingerprint density at radius 3 is 1.01 bits per heavy atom. The first kappa shape index (κ1) is 74.2. The fourth-order valence-electron chi connectivity index (χ4n) is 7.90. The molecule has 0 aromatic carbocycles. The van der Waals surface area contributed by atoms with E-state index in [2.05, 4.69) is 160 Å². The van der Waals surface area contributed by atoms with Gasteiger partial charge in [-0.2, -0.15) is 0 Å². The van der Waals surface area contributed by atoms with Gasteiger partial charge in [-0.3, -0.25) is 9.59 Å². The maximum atomic E-state index is 12.9. The van der Waals surface area contributed by atoms with Crippen LogP contribution in [0.3, 0.4) is 0 Å². The summed E-state index contributed by atoms with van der Waals surface area (Å²) in [6.45, 7) is 4.48. The van der Waals surface area contributed by atoms with Gasteiger partial charge in [-0.05, 0) is 116 Å². The number of quaternary nitrogens is 1. The Morgan fingerprint density at radius 2 is 0.684 bits per heavy atom. The number of carboxylic acid groups (broad SMARTS) is 1. The van der Waals surface area contributed by atoms with Gasteiger partial charge in [0.15, 0.2) is 12.4 Å². The van der Waals surface area contributed by atoms with Crippen molar-refractivity contribution in [3.05, 3.63) is 146 Å². The molecule has 0 saturated carbocycles. The molecular formula is C70H113NO8. The van der Waals surface area contributed by atoms with Crippen molar-refractivity contribution in [1.82, 2.24) is 0 Å². The number of ether oxygens (including phenoxy) is 4. The van der Waals surface area contributed by atoms with Crippen LogP contribution in [0, 0.1) is 0 Å². The number of allylic oxidation sites excluding steroid dienone is 24. The Labute approximate surface area is 483 Å². The van der Waals surface area contributed by atoms with Crippen LogP contribution >= 0.6 is 0 Å². The molecule has 79 heavy (non-hydrogen) atoms. The molecule has 0 aliphatic heterocycles. The molecule has 0 N–H and O–H groups in total. The fraction of sp³-hybridized carbons (Fsp3) is 0.614. The standard InChI is InChI=1S/C70H113NO8/c1-6-8-10-12-14-16-18-20-22-24-26-28-30-32-33-34-35-37-39-41-43-45-47-49-51-53-55-57-59-61-68(73)79-66(65-78-70(69(74)75)76-63-62-71(3,4)5)64-77-67(72)60-58-56-54-52-50-48-46-44-42-40-38-36-31-29-27-25-23-21-19-17-15-13-11-9-7-2/h8-11,14-17,20-23,26-29,32-33,35-38,42,44,66,70H,6-7,12-13,18-19,24-25,30-31,34,39-41,43,45-65H2,1-5H3/b10-8-,11-9-,16-14-,17-15-,22-20-,23-21-,28-26-,29-27-,33-32-,37-35-,38-36-,44-42-. The number of hydrogen-bond acceptors (Lipinski definition) is 8. The molecular weight excluding hydrogens is 983 g/mol. The molecule has 2 unspecified atom stereocenters. The molecule has 0 aliphatic carbocycles. The van der Waals surface area contributed by atoms with Crippen molar-refractivity contribution in [2.24, 2.45) is 0 Å². The van der Waals surface area contributed by atoms with Gasteiger partial charge in [0.05, 0.1) is 40.3 Å². The van der Waals surface area contributed by atoms with E-state index in [1.165, 1.54) is 38.5 Å². The van der Waals surface area contributed by atoms with Gasteiger partial charge in [0, 0.05) is 12.8 Å². The predicted octanol–water partition coefficient (Wildman–Crippen LogP) is 17.5. The number of carbonyl (C=O) groups is 3. The monoisotopic (exact) mass is 1100 g/mol. The zero-order valence-corrected chi connectivity index (χ0v) is 50.7. The van der Waals surface area contributed by atoms with E-state index < -0.39 is 24.3 Å². The van der Waals surface area contributed by atoms with E-state index in [1.807, 2.05) is 21.1 Å². The summed E-state index contributed by atoms with van der Waals surface area (Å²) in [7, 11) is 5.91. The van der Waals surface area contributed by atoms with Crippen LogP contribution in [-0.2, 0) is 33.3 Å². The lowest BCUT2D eigenvalue weighted by Gasteiger charge is -2.26. The third kappa shape index (κ3) is 60.7. The average molecular weight is 1100 g/mol. The predicted molar refractivity (Wildman–Crippen MR) is 333 cm³/mol. The summed E-state index contributed by atoms with van der Waals surface area (Å²) in [4.78, 5) is 37.4. The van der Waals surface area contributed by atoms with E-state index in [0.29, 0.717) is 23.9 Å². The molecule has 0 radical (unpaired) electrons. The van der Waals surface area contributed by atoms with Crippen molar-refractivity contribution in [2.45, 2.75) is 232 Å². The second-order valence-corrected chi connectivity index (χ2v) is 21.2. The van der Waals surface area contributed by atoms with Gasteiger partial charge in [-0.25, -0.2) is 0 Å². The van der Waals surface area contributed by atoms with E-state index in [1.54, 1.807) is 0 Å². The molecule has 0 heterocycles. The molecule has 0 aromatic heterocycles. The molecule has 0 fully saturated rings. The molecule has 0 aromatic rings. The molecule has 0 aliphatic rings. The summed E-state index contributed by atoms with van der Waals surface area (Å²) in [5.74, 6) is -2.32. The van der Waals surface area contributed by atoms with Crippen molar-refractivity contribution >= 4 is 17.9 Å². The zero-order chi connectivity index (χ0) is 57.6. The van der Waals surface area contributed by atoms with Gasteiger partial charge >= 0.3 is 11.9 Å². The van der Waals surface area contributed by atoms with Gasteiger partial charge in [-0.15, -0.1) is 0 Å². The van der Waals surface area contributed by atoms with Crippen LogP contribution in [0.4, 0.5) is 0 Å². The highest BCUT2D eigenvalue weighted by molar-refractivity contribution is 5.70. The number of hydrogen-bond donors (Lipinski definition) is 0. The highest BCUT2D eigenvalue weighted by Crippen LogP contribution is 2.15. The highest BCUT2D eigenvalue weighted by Gasteiger charge is 2.22. The quantitative estimate of drug-likeness (QED) is 0.0195. The summed E-state index contributed by atoms with van der Waals surface area (Å²) in [5.41, 5.74) is 0. The van der Waals surface area contributed by atoms with Gasteiger partial charge in [0.2, 0.25) is 0 Å². The largest absolute Gasteiger partial charge is 0.545 e. The number of aliphatic carboxylic acids is 1. The first-order valence-corrected chi connectivity index (χ1v) is 31.0. The number of unbranched alkanes of at least 4 members (excludes halogenated alkanes) is 16. The number of carboxylic acids is 1. The number of esters is 2. The van der Waals surface area contributed by atoms with Crippen molar-refractivity contribution in [2.75, 3.05) is 47.5 Å². The topological polar surface area (TPSA) is 111 Å². The smallest absolute Gasteiger partial charge is 0.306 e. The van der Waals surface area contributed by atoms with Gasteiger partial charge in [0.1, 0.15) is 13.2 Å².